The van der Waals surface area contributed by atoms with E-state index in [1.807, 2.05) is 0 Å². The van der Waals surface area contributed by atoms with Gasteiger partial charge in [-0.25, -0.2) is 8.78 Å². The molecule has 0 atom stereocenters. The maximum absolute atomic E-state index is 12.3. The average Bonchev–Trinajstić information content (AvgIpc) is 2.01. The number of rotatable bonds is 1. The molecule has 0 aliphatic rings. The lowest BCUT2D eigenvalue weighted by Crippen LogP contribution is -2.10. The molecule has 0 fully saturated rings. The van der Waals surface area contributed by atoms with Crippen LogP contribution in [0.25, 0.3) is 0 Å². The summed E-state index contributed by atoms with van der Waals surface area (Å²) in [5, 5.41) is -0.713. The molecule has 0 unspecified atom stereocenters. The molecule has 0 spiro atoms. The normalized spacial score (nSPS) is 12.2. The molecule has 0 saturated heterocycles. The van der Waals surface area contributed by atoms with Crippen LogP contribution >= 0.6 is 11.6 Å². The third-order valence-corrected chi connectivity index (χ3v) is 1.88. The quantitative estimate of drug-likeness (QED) is 0.631. The summed E-state index contributed by atoms with van der Waals surface area (Å²) in [6, 6.07) is 2.69. The minimum atomic E-state index is -4.86. The van der Waals surface area contributed by atoms with Crippen LogP contribution in [0.15, 0.2) is 18.2 Å². The van der Waals surface area contributed by atoms with Gasteiger partial charge in [0.2, 0.25) is 0 Å². The van der Waals surface area contributed by atoms with Crippen molar-refractivity contribution in [2.24, 2.45) is 0 Å². The van der Waals surface area contributed by atoms with Gasteiger partial charge in [0.05, 0.1) is 10.6 Å². The largest absolute Gasteiger partial charge is 0.418 e. The fraction of sp³-hybridized carbons (Fsp3) is 0.250. The Kier molecular flexibility index (Phi) is 2.99. The molecular weight excluding hydrogens is 227 g/mol. The Hall–Kier alpha value is -0.840. The van der Waals surface area contributed by atoms with Gasteiger partial charge in [-0.2, -0.15) is 13.2 Å². The van der Waals surface area contributed by atoms with Gasteiger partial charge in [0, 0.05) is 5.56 Å². The summed E-state index contributed by atoms with van der Waals surface area (Å²) < 4.78 is 61.1. The van der Waals surface area contributed by atoms with Crippen molar-refractivity contribution in [1.82, 2.24) is 0 Å². The first-order chi connectivity index (χ1) is 6.34. The van der Waals surface area contributed by atoms with E-state index in [1.54, 1.807) is 0 Å². The first kappa shape index (κ1) is 11.2. The number of hydrogen-bond donors (Lipinski definition) is 0. The van der Waals surface area contributed by atoms with E-state index >= 15 is 0 Å². The highest BCUT2D eigenvalue weighted by atomic mass is 35.5. The van der Waals surface area contributed by atoms with E-state index in [-0.39, 0.29) is 0 Å². The summed E-state index contributed by atoms with van der Waals surface area (Å²) >= 11 is 5.20. The van der Waals surface area contributed by atoms with Gasteiger partial charge in [0.25, 0.3) is 6.43 Å². The molecule has 0 saturated carbocycles. The van der Waals surface area contributed by atoms with Crippen molar-refractivity contribution in [1.29, 1.82) is 0 Å². The second-order valence-corrected chi connectivity index (χ2v) is 2.91. The van der Waals surface area contributed by atoms with Gasteiger partial charge in [-0.05, 0) is 6.07 Å². The van der Waals surface area contributed by atoms with E-state index in [0.29, 0.717) is 6.07 Å². The summed E-state index contributed by atoms with van der Waals surface area (Å²) in [5.74, 6) is 0. The van der Waals surface area contributed by atoms with Crippen LogP contribution in [0.2, 0.25) is 5.02 Å². The SMILES string of the molecule is FC(F)c1cccc(Cl)c1C(F)(F)F. The molecule has 0 bridgehead atoms. The predicted octanol–water partition coefficient (Wildman–Crippen LogP) is 4.30. The minimum absolute atomic E-state index is 0.708. The maximum Gasteiger partial charge on any atom is 0.418 e. The molecule has 1 rings (SSSR count). The van der Waals surface area contributed by atoms with Gasteiger partial charge in [0.1, 0.15) is 0 Å². The summed E-state index contributed by atoms with van der Waals surface area (Å²) in [5.41, 5.74) is -2.55. The molecule has 14 heavy (non-hydrogen) atoms. The van der Waals surface area contributed by atoms with E-state index < -0.39 is 28.8 Å². The molecule has 0 nitrogen and oxygen atoms in total. The third kappa shape index (κ3) is 2.15. The number of benzene rings is 1. The topological polar surface area (TPSA) is 0 Å². The Labute approximate surface area is 81.3 Å². The van der Waals surface area contributed by atoms with Gasteiger partial charge in [0.15, 0.2) is 0 Å². The van der Waals surface area contributed by atoms with Crippen LogP contribution in [0.5, 0.6) is 0 Å². The average molecular weight is 231 g/mol. The number of halogens is 6. The van der Waals surface area contributed by atoms with E-state index in [0.717, 1.165) is 12.1 Å². The minimum Gasteiger partial charge on any atom is -0.205 e. The van der Waals surface area contributed by atoms with Gasteiger partial charge in [-0.15, -0.1) is 0 Å². The fourth-order valence-corrected chi connectivity index (χ4v) is 1.31. The van der Waals surface area contributed by atoms with Crippen LogP contribution in [-0.4, -0.2) is 0 Å². The summed E-state index contributed by atoms with van der Waals surface area (Å²) in [7, 11) is 0. The van der Waals surface area contributed by atoms with E-state index in [4.69, 9.17) is 11.6 Å². The predicted molar refractivity (Wildman–Crippen MR) is 41.4 cm³/mol. The van der Waals surface area contributed by atoms with Crippen molar-refractivity contribution in [2.45, 2.75) is 12.6 Å². The monoisotopic (exact) mass is 230 g/mol. The second-order valence-electron chi connectivity index (χ2n) is 2.50. The molecule has 0 aromatic heterocycles. The van der Waals surface area contributed by atoms with Crippen molar-refractivity contribution < 1.29 is 22.0 Å². The van der Waals surface area contributed by atoms with Crippen LogP contribution in [0, 0.1) is 0 Å². The molecule has 0 aliphatic carbocycles. The molecular formula is C8H4ClF5. The molecule has 6 heteroatoms. The van der Waals surface area contributed by atoms with Crippen LogP contribution < -0.4 is 0 Å². The maximum atomic E-state index is 12.3. The van der Waals surface area contributed by atoms with Crippen molar-refractivity contribution >= 4 is 11.6 Å². The van der Waals surface area contributed by atoms with Crippen molar-refractivity contribution in [3.8, 4) is 0 Å². The molecule has 0 amide bonds. The van der Waals surface area contributed by atoms with Crippen molar-refractivity contribution in [3.05, 3.63) is 34.3 Å². The first-order valence-electron chi connectivity index (χ1n) is 3.48. The number of alkyl halides is 5. The number of hydrogen-bond acceptors (Lipinski definition) is 0. The Bertz CT molecular complexity index is 331. The van der Waals surface area contributed by atoms with Crippen molar-refractivity contribution in [2.75, 3.05) is 0 Å². The molecule has 1 aromatic carbocycles. The van der Waals surface area contributed by atoms with Crippen LogP contribution in [0.3, 0.4) is 0 Å². The van der Waals surface area contributed by atoms with Gasteiger partial charge in [-0.3, -0.25) is 0 Å². The zero-order valence-electron chi connectivity index (χ0n) is 6.58. The molecule has 78 valence electrons. The van der Waals surface area contributed by atoms with Gasteiger partial charge >= 0.3 is 6.18 Å². The van der Waals surface area contributed by atoms with Gasteiger partial charge in [-0.1, -0.05) is 23.7 Å². The molecule has 0 radical (unpaired) electrons. The summed E-state index contributed by atoms with van der Waals surface area (Å²) in [6.45, 7) is 0. The Morgan fingerprint density at radius 3 is 2.07 bits per heavy atom. The highest BCUT2D eigenvalue weighted by Crippen LogP contribution is 2.40. The van der Waals surface area contributed by atoms with E-state index in [2.05, 4.69) is 0 Å². The van der Waals surface area contributed by atoms with E-state index in [1.165, 1.54) is 0 Å². The summed E-state index contributed by atoms with van der Waals surface area (Å²) in [6.07, 6.45) is -8.05. The standard InChI is InChI=1S/C8H4ClF5/c9-5-3-1-2-4(7(10)11)6(5)8(12,13)14/h1-3,7H. The van der Waals surface area contributed by atoms with Crippen LogP contribution in [-0.2, 0) is 6.18 Å². The molecule has 0 heterocycles. The lowest BCUT2D eigenvalue weighted by molar-refractivity contribution is -0.139. The highest BCUT2D eigenvalue weighted by Gasteiger charge is 2.37. The van der Waals surface area contributed by atoms with Crippen molar-refractivity contribution in [3.63, 3.8) is 0 Å². The van der Waals surface area contributed by atoms with E-state index in [9.17, 15) is 22.0 Å². The van der Waals surface area contributed by atoms with Crippen LogP contribution in [0.1, 0.15) is 17.6 Å². The third-order valence-electron chi connectivity index (χ3n) is 1.56. The lowest BCUT2D eigenvalue weighted by Gasteiger charge is -2.13. The van der Waals surface area contributed by atoms with Crippen LogP contribution in [0.4, 0.5) is 22.0 Å². The Morgan fingerprint density at radius 1 is 1.14 bits per heavy atom. The fourth-order valence-electron chi connectivity index (χ4n) is 1.02. The lowest BCUT2D eigenvalue weighted by atomic mass is 10.1. The highest BCUT2D eigenvalue weighted by molar-refractivity contribution is 6.31. The zero-order valence-corrected chi connectivity index (χ0v) is 7.33. The first-order valence-corrected chi connectivity index (χ1v) is 3.85. The Morgan fingerprint density at radius 2 is 1.71 bits per heavy atom. The molecule has 1 aromatic rings. The second kappa shape index (κ2) is 3.73. The Balaban J connectivity index is 3.38. The smallest absolute Gasteiger partial charge is 0.205 e. The zero-order chi connectivity index (χ0) is 10.9. The molecule has 0 aliphatic heterocycles. The molecule has 0 N–H and O–H groups in total. The summed E-state index contributed by atoms with van der Waals surface area (Å²) in [4.78, 5) is 0. The van der Waals surface area contributed by atoms with Gasteiger partial charge < -0.3 is 0 Å².